The van der Waals surface area contributed by atoms with Crippen LogP contribution in [-0.2, 0) is 33.5 Å². The highest BCUT2D eigenvalue weighted by molar-refractivity contribution is 8.00. The lowest BCUT2D eigenvalue weighted by molar-refractivity contribution is -0.173. The molecule has 0 saturated carbocycles. The Morgan fingerprint density at radius 1 is 1.24 bits per heavy atom. The molecule has 42 heavy (non-hydrogen) atoms. The molecule has 1 saturated heterocycles. The summed E-state index contributed by atoms with van der Waals surface area (Å²) in [4.78, 5) is 67.6. The van der Waals surface area contributed by atoms with E-state index in [4.69, 9.17) is 20.0 Å². The van der Waals surface area contributed by atoms with Crippen LogP contribution in [0.15, 0.2) is 33.4 Å². The van der Waals surface area contributed by atoms with Crippen LogP contribution in [0.1, 0.15) is 44.0 Å². The first-order valence-electron chi connectivity index (χ1n) is 12.7. The highest BCUT2D eigenvalue weighted by Crippen LogP contribution is 2.41. The molecule has 4 rings (SSSR count). The van der Waals surface area contributed by atoms with E-state index in [-0.39, 0.29) is 28.8 Å². The lowest BCUT2D eigenvalue weighted by Crippen LogP contribution is -2.71. The molecular formula is C26H30N6O7S3. The Bertz CT molecular complexity index is 1470. The van der Waals surface area contributed by atoms with Gasteiger partial charge in [-0.2, -0.15) is 0 Å². The summed E-state index contributed by atoms with van der Waals surface area (Å²) in [5, 5.41) is 7.75. The molecule has 224 valence electrons. The number of aromatic nitrogens is 2. The van der Waals surface area contributed by atoms with Crippen molar-refractivity contribution in [1.29, 1.82) is 0 Å². The maximum absolute atomic E-state index is 13.4. The summed E-state index contributed by atoms with van der Waals surface area (Å²) in [5.74, 6) is -2.24. The third-order valence-corrected chi connectivity index (χ3v) is 8.83. The number of thioether (sulfide) groups is 1. The number of amides is 2. The van der Waals surface area contributed by atoms with Crippen LogP contribution in [0.2, 0.25) is 0 Å². The number of rotatable bonds is 10. The minimum atomic E-state index is -0.957. The first-order chi connectivity index (χ1) is 19.9. The van der Waals surface area contributed by atoms with E-state index >= 15 is 0 Å². The Morgan fingerprint density at radius 3 is 2.62 bits per heavy atom. The molecule has 0 radical (unpaired) electrons. The number of anilines is 1. The van der Waals surface area contributed by atoms with Crippen LogP contribution in [0, 0.1) is 12.3 Å². The Balaban J connectivity index is 1.55. The summed E-state index contributed by atoms with van der Waals surface area (Å²) in [6, 6.07) is -0.957. The maximum atomic E-state index is 13.4. The molecule has 4 heterocycles. The normalized spacial score (nSPS) is 18.9. The molecule has 0 spiro atoms. The molecule has 3 N–H and O–H groups in total. The van der Waals surface area contributed by atoms with E-state index in [0.29, 0.717) is 11.3 Å². The zero-order valence-electron chi connectivity index (χ0n) is 23.5. The number of allylic oxidation sites excluding steroid dienone is 1. The molecular weight excluding hydrogens is 605 g/mol. The Hall–Kier alpha value is -3.76. The number of nitrogens with one attached hydrogen (secondary N) is 1. The third-order valence-electron chi connectivity index (χ3n) is 5.95. The third kappa shape index (κ3) is 6.82. The van der Waals surface area contributed by atoms with Gasteiger partial charge >= 0.3 is 11.9 Å². The second-order valence-electron chi connectivity index (χ2n) is 10.0. The average Bonchev–Trinajstić information content (AvgIpc) is 3.56. The summed E-state index contributed by atoms with van der Waals surface area (Å²) in [6.45, 7) is 8.20. The van der Waals surface area contributed by atoms with Gasteiger partial charge in [-0.05, 0) is 46.3 Å². The summed E-state index contributed by atoms with van der Waals surface area (Å²) in [7, 11) is 0. The number of thiazole rings is 2. The molecule has 0 aliphatic carbocycles. The van der Waals surface area contributed by atoms with Gasteiger partial charge in [0.25, 0.3) is 11.8 Å². The minimum absolute atomic E-state index is 0.00922. The van der Waals surface area contributed by atoms with E-state index in [0.717, 1.165) is 21.9 Å². The van der Waals surface area contributed by atoms with E-state index in [2.05, 4.69) is 20.4 Å². The number of oxime groups is 1. The molecule has 1 unspecified atom stereocenters. The Labute approximate surface area is 254 Å². The van der Waals surface area contributed by atoms with E-state index in [1.165, 1.54) is 28.0 Å². The van der Waals surface area contributed by atoms with Crippen molar-refractivity contribution in [1.82, 2.24) is 20.2 Å². The van der Waals surface area contributed by atoms with Crippen LogP contribution in [0.5, 0.6) is 0 Å². The van der Waals surface area contributed by atoms with Gasteiger partial charge in [0.05, 0.1) is 16.6 Å². The van der Waals surface area contributed by atoms with Crippen molar-refractivity contribution >= 4 is 75.1 Å². The number of aryl methyl sites for hydroxylation is 1. The number of carbonyl (C=O) groups excluding carboxylic acids is 4. The summed E-state index contributed by atoms with van der Waals surface area (Å²) in [6.07, 6.45) is 3.55. The van der Waals surface area contributed by atoms with Crippen molar-refractivity contribution in [3.05, 3.63) is 44.5 Å². The first-order valence-corrected chi connectivity index (χ1v) is 15.6. The molecule has 0 aromatic carbocycles. The summed E-state index contributed by atoms with van der Waals surface area (Å²) >= 11 is 3.94. The smallest absolute Gasteiger partial charge is 0.358 e. The van der Waals surface area contributed by atoms with Crippen molar-refractivity contribution in [3.8, 4) is 0 Å². The van der Waals surface area contributed by atoms with Crippen LogP contribution in [0.4, 0.5) is 5.13 Å². The van der Waals surface area contributed by atoms with Gasteiger partial charge in [-0.15, -0.1) is 34.4 Å². The standard InChI is InChI=1S/C26H30N6O7S3/c1-6-39-31-17(15-10-41-25(27)29-15)20(33)30-18-21(34)32-19(23(35)37-12-38-24(36)26(3,4)5)14(9-40-22(18)32)7-8-16-13(2)28-11-42-16/h7-8,10-11,18,22H,6,9,12H2,1-5H3,(H2,27,29)(H,30,33)/t18?,22-/m1/s1. The fourth-order valence-corrected chi connectivity index (χ4v) is 6.33. The predicted molar refractivity (Wildman–Crippen MR) is 159 cm³/mol. The lowest BCUT2D eigenvalue weighted by Gasteiger charge is -2.49. The molecule has 16 heteroatoms. The van der Waals surface area contributed by atoms with Crippen LogP contribution >= 0.6 is 34.4 Å². The molecule has 1 fully saturated rings. The number of nitrogens with two attached hydrogens (primary N) is 1. The van der Waals surface area contributed by atoms with Crippen LogP contribution in [0.25, 0.3) is 6.08 Å². The van der Waals surface area contributed by atoms with Crippen molar-refractivity contribution in [2.45, 2.75) is 46.0 Å². The number of esters is 2. The summed E-state index contributed by atoms with van der Waals surface area (Å²) in [5.41, 5.74) is 8.09. The number of carbonyl (C=O) groups is 4. The monoisotopic (exact) mass is 634 g/mol. The number of hydrogen-bond acceptors (Lipinski definition) is 14. The topological polar surface area (TPSA) is 175 Å². The molecule has 2 aromatic heterocycles. The highest BCUT2D eigenvalue weighted by Gasteiger charge is 2.54. The van der Waals surface area contributed by atoms with E-state index in [1.54, 1.807) is 44.7 Å². The lowest BCUT2D eigenvalue weighted by atomic mass is 9.98. The second-order valence-corrected chi connectivity index (χ2v) is 12.9. The Kier molecular flexibility index (Phi) is 9.68. The molecule has 13 nitrogen and oxygen atoms in total. The number of nitrogen functional groups attached to an aromatic ring is 1. The number of fused-ring (bicyclic) bond motifs is 1. The average molecular weight is 635 g/mol. The zero-order chi connectivity index (χ0) is 30.6. The molecule has 2 aliphatic heterocycles. The van der Waals surface area contributed by atoms with Gasteiger partial charge in [-0.3, -0.25) is 19.3 Å². The second kappa shape index (κ2) is 13.0. The van der Waals surface area contributed by atoms with Gasteiger partial charge in [0.1, 0.15) is 29.4 Å². The van der Waals surface area contributed by atoms with Crippen LogP contribution in [-0.4, -0.2) is 74.9 Å². The molecule has 2 amide bonds. The van der Waals surface area contributed by atoms with Gasteiger partial charge in [-0.1, -0.05) is 11.2 Å². The zero-order valence-corrected chi connectivity index (χ0v) is 26.0. The van der Waals surface area contributed by atoms with Crippen molar-refractivity contribution < 1.29 is 33.5 Å². The van der Waals surface area contributed by atoms with E-state index in [1.807, 2.05) is 13.0 Å². The van der Waals surface area contributed by atoms with Crippen LogP contribution in [0.3, 0.4) is 0 Å². The van der Waals surface area contributed by atoms with Gasteiger partial charge in [0.15, 0.2) is 10.8 Å². The van der Waals surface area contributed by atoms with Crippen molar-refractivity contribution in [2.75, 3.05) is 24.9 Å². The van der Waals surface area contributed by atoms with Gasteiger partial charge in [0.2, 0.25) is 6.79 Å². The van der Waals surface area contributed by atoms with Gasteiger partial charge < -0.3 is 25.4 Å². The van der Waals surface area contributed by atoms with Crippen LogP contribution < -0.4 is 11.1 Å². The van der Waals surface area contributed by atoms with Gasteiger partial charge in [0, 0.05) is 16.0 Å². The fraction of sp³-hybridized carbons (Fsp3) is 0.423. The molecule has 2 aliphatic rings. The SMILES string of the molecule is CCON=C(C(=O)NC1C(=O)N2C(C(=O)OCOC(=O)C(C)(C)C)=C(C=Cc3scnc3C)CS[C@H]12)c1csc(N)n1. The van der Waals surface area contributed by atoms with E-state index in [9.17, 15) is 19.2 Å². The predicted octanol–water partition coefficient (Wildman–Crippen LogP) is 2.69. The molecule has 2 atom stereocenters. The maximum Gasteiger partial charge on any atom is 0.358 e. The fourth-order valence-electron chi connectivity index (χ4n) is 3.77. The number of hydrogen-bond donors (Lipinski definition) is 2. The van der Waals surface area contributed by atoms with Crippen molar-refractivity contribution in [3.63, 3.8) is 0 Å². The first kappa shape index (κ1) is 31.2. The van der Waals surface area contributed by atoms with Gasteiger partial charge in [-0.25, -0.2) is 14.8 Å². The largest absolute Gasteiger partial charge is 0.427 e. The minimum Gasteiger partial charge on any atom is -0.427 e. The Morgan fingerprint density at radius 2 is 2.00 bits per heavy atom. The highest BCUT2D eigenvalue weighted by atomic mass is 32.2. The number of nitrogens with zero attached hydrogens (tertiary/aromatic N) is 4. The number of β-lactam (4-membered cyclic amide) rings is 1. The molecule has 0 bridgehead atoms. The van der Waals surface area contributed by atoms with E-state index < -0.39 is 47.4 Å². The number of ether oxygens (including phenoxy) is 2. The van der Waals surface area contributed by atoms with Crippen molar-refractivity contribution in [2.24, 2.45) is 10.6 Å². The summed E-state index contributed by atoms with van der Waals surface area (Å²) < 4.78 is 10.4. The molecule has 2 aromatic rings. The quantitative estimate of drug-likeness (QED) is 0.129.